The highest BCUT2D eigenvalue weighted by atomic mass is 35.5. The van der Waals surface area contributed by atoms with E-state index in [2.05, 4.69) is 5.32 Å². The van der Waals surface area contributed by atoms with E-state index in [4.69, 9.17) is 16.3 Å². The number of nitro benzene ring substituents is 1. The Morgan fingerprint density at radius 2 is 1.79 bits per heavy atom. The molecule has 0 saturated heterocycles. The Bertz CT molecular complexity index is 891. The number of nitrogens with one attached hydrogen (secondary N) is 1. The highest BCUT2D eigenvalue weighted by Crippen LogP contribution is 2.26. The summed E-state index contributed by atoms with van der Waals surface area (Å²) in [5.74, 6) is -1.32. The number of aryl methyl sites for hydroxylation is 2. The summed E-state index contributed by atoms with van der Waals surface area (Å²) in [7, 11) is 0. The second-order valence-corrected chi connectivity index (χ2v) is 6.53. The van der Waals surface area contributed by atoms with Crippen molar-refractivity contribution in [3.63, 3.8) is 0 Å². The lowest BCUT2D eigenvalue weighted by Gasteiger charge is -2.18. The molecule has 0 heterocycles. The summed E-state index contributed by atoms with van der Waals surface area (Å²) in [5.41, 5.74) is 2.23. The van der Waals surface area contributed by atoms with Gasteiger partial charge in [0.15, 0.2) is 6.10 Å². The summed E-state index contributed by atoms with van der Waals surface area (Å²) < 4.78 is 5.18. The number of rotatable bonds is 7. The number of hydrogen-bond donors (Lipinski definition) is 1. The first-order chi connectivity index (χ1) is 13.3. The molecule has 1 atom stereocenters. The largest absolute Gasteiger partial charge is 0.449 e. The van der Waals surface area contributed by atoms with E-state index in [-0.39, 0.29) is 10.6 Å². The molecule has 148 valence electrons. The van der Waals surface area contributed by atoms with Crippen molar-refractivity contribution < 1.29 is 19.2 Å². The van der Waals surface area contributed by atoms with E-state index in [0.29, 0.717) is 0 Å². The van der Waals surface area contributed by atoms with Crippen LogP contribution >= 0.6 is 11.6 Å². The molecular weight excluding hydrogens is 384 g/mol. The number of anilines is 1. The summed E-state index contributed by atoms with van der Waals surface area (Å²) in [6, 6.07) is 9.37. The van der Waals surface area contributed by atoms with Crippen LogP contribution in [0.15, 0.2) is 36.4 Å². The smallest absolute Gasteiger partial charge is 0.339 e. The van der Waals surface area contributed by atoms with E-state index in [9.17, 15) is 19.7 Å². The molecular formula is C20H21ClN2O5. The van der Waals surface area contributed by atoms with Gasteiger partial charge in [-0.25, -0.2) is 4.79 Å². The number of amides is 1. The van der Waals surface area contributed by atoms with Gasteiger partial charge in [-0.3, -0.25) is 14.9 Å². The van der Waals surface area contributed by atoms with Crippen LogP contribution in [0.1, 0.15) is 42.3 Å². The third-order valence-corrected chi connectivity index (χ3v) is 4.60. The second-order valence-electron chi connectivity index (χ2n) is 6.12. The van der Waals surface area contributed by atoms with Gasteiger partial charge in [-0.2, -0.15) is 0 Å². The molecule has 0 spiro atoms. The van der Waals surface area contributed by atoms with Crippen LogP contribution in [-0.4, -0.2) is 22.9 Å². The molecule has 7 nitrogen and oxygen atoms in total. The second kappa shape index (κ2) is 9.32. The maximum atomic E-state index is 12.5. The van der Waals surface area contributed by atoms with Gasteiger partial charge in [0, 0.05) is 11.8 Å². The third kappa shape index (κ3) is 4.86. The number of carbonyl (C=O) groups is 2. The van der Waals surface area contributed by atoms with Crippen LogP contribution in [0.4, 0.5) is 11.4 Å². The summed E-state index contributed by atoms with van der Waals surface area (Å²) >= 11 is 5.74. The van der Waals surface area contributed by atoms with Crippen molar-refractivity contribution in [2.24, 2.45) is 0 Å². The van der Waals surface area contributed by atoms with Crippen LogP contribution < -0.4 is 5.32 Å². The Morgan fingerprint density at radius 1 is 1.18 bits per heavy atom. The highest BCUT2D eigenvalue weighted by molar-refractivity contribution is 6.32. The molecule has 28 heavy (non-hydrogen) atoms. The lowest BCUT2D eigenvalue weighted by atomic mass is 10.0. The van der Waals surface area contributed by atoms with Crippen LogP contribution in [0.3, 0.4) is 0 Å². The molecule has 0 radical (unpaired) electrons. The van der Waals surface area contributed by atoms with E-state index in [1.807, 2.05) is 32.0 Å². The lowest BCUT2D eigenvalue weighted by molar-refractivity contribution is -0.384. The Morgan fingerprint density at radius 3 is 2.32 bits per heavy atom. The SMILES string of the molecule is CCc1cccc(CC)c1NC(=O)[C@@H](C)OC(=O)c1ccc(Cl)c([N+](=O)[O-])c1. The van der Waals surface area contributed by atoms with Gasteiger partial charge in [0.05, 0.1) is 10.5 Å². The zero-order valence-corrected chi connectivity index (χ0v) is 16.6. The number of ether oxygens (including phenoxy) is 1. The Labute approximate surface area is 167 Å². The van der Waals surface area contributed by atoms with Crippen molar-refractivity contribution in [2.75, 3.05) is 5.32 Å². The molecule has 1 N–H and O–H groups in total. The summed E-state index contributed by atoms with van der Waals surface area (Å²) in [6.45, 7) is 5.42. The highest BCUT2D eigenvalue weighted by Gasteiger charge is 2.23. The fourth-order valence-electron chi connectivity index (χ4n) is 2.69. The Kier molecular flexibility index (Phi) is 7.12. The molecule has 0 aliphatic carbocycles. The minimum absolute atomic E-state index is 0.0565. The van der Waals surface area contributed by atoms with Crippen molar-refractivity contribution in [1.82, 2.24) is 0 Å². The van der Waals surface area contributed by atoms with E-state index < -0.39 is 28.6 Å². The minimum Gasteiger partial charge on any atom is -0.449 e. The standard InChI is InChI=1S/C20H21ClN2O5/c1-4-13-7-6-8-14(5-2)18(13)22-19(24)12(3)28-20(25)15-9-10-16(21)17(11-15)23(26)27/h6-12H,4-5H2,1-3H3,(H,22,24)/t12-/m1/s1. The predicted octanol–water partition coefficient (Wildman–Crippen LogP) is 4.56. The van der Waals surface area contributed by atoms with Crippen LogP contribution in [0.5, 0.6) is 0 Å². The zero-order valence-electron chi connectivity index (χ0n) is 15.8. The number of hydrogen-bond acceptors (Lipinski definition) is 5. The van der Waals surface area contributed by atoms with Crippen molar-refractivity contribution >= 4 is 34.9 Å². The number of esters is 1. The summed E-state index contributed by atoms with van der Waals surface area (Å²) in [5, 5.41) is 13.7. The van der Waals surface area contributed by atoms with E-state index >= 15 is 0 Å². The normalized spacial score (nSPS) is 11.6. The maximum absolute atomic E-state index is 12.5. The topological polar surface area (TPSA) is 98.5 Å². The Hall–Kier alpha value is -2.93. The zero-order chi connectivity index (χ0) is 20.8. The number of nitrogens with zero attached hydrogens (tertiary/aromatic N) is 1. The first-order valence-corrected chi connectivity index (χ1v) is 9.22. The van der Waals surface area contributed by atoms with Crippen molar-refractivity contribution in [1.29, 1.82) is 0 Å². The Balaban J connectivity index is 2.14. The average molecular weight is 405 g/mol. The molecule has 0 saturated carbocycles. The minimum atomic E-state index is -1.09. The molecule has 0 aliphatic rings. The van der Waals surface area contributed by atoms with Crippen molar-refractivity contribution in [3.8, 4) is 0 Å². The molecule has 2 aromatic rings. The number of carbonyl (C=O) groups excluding carboxylic acids is 2. The van der Waals surface area contributed by atoms with Crippen LogP contribution in [-0.2, 0) is 22.4 Å². The van der Waals surface area contributed by atoms with Gasteiger partial charge >= 0.3 is 5.97 Å². The van der Waals surface area contributed by atoms with Crippen LogP contribution in [0, 0.1) is 10.1 Å². The van der Waals surface area contributed by atoms with Crippen LogP contribution in [0.25, 0.3) is 0 Å². The predicted molar refractivity (Wildman–Crippen MR) is 107 cm³/mol. The summed E-state index contributed by atoms with van der Waals surface area (Å²) in [6.07, 6.45) is 0.398. The van der Waals surface area contributed by atoms with Gasteiger partial charge in [-0.15, -0.1) is 0 Å². The lowest BCUT2D eigenvalue weighted by Crippen LogP contribution is -2.30. The van der Waals surface area contributed by atoms with Gasteiger partial charge < -0.3 is 10.1 Å². The molecule has 0 bridgehead atoms. The molecule has 0 aliphatic heterocycles. The number of halogens is 1. The number of benzene rings is 2. The fraction of sp³-hybridized carbons (Fsp3) is 0.300. The monoisotopic (exact) mass is 404 g/mol. The molecule has 0 unspecified atom stereocenters. The van der Waals surface area contributed by atoms with E-state index in [1.54, 1.807) is 0 Å². The third-order valence-electron chi connectivity index (χ3n) is 4.28. The molecule has 2 rings (SSSR count). The summed E-state index contributed by atoms with van der Waals surface area (Å²) in [4.78, 5) is 35.1. The molecule has 0 aromatic heterocycles. The maximum Gasteiger partial charge on any atom is 0.339 e. The van der Waals surface area contributed by atoms with E-state index in [0.717, 1.165) is 35.7 Å². The van der Waals surface area contributed by atoms with Gasteiger partial charge in [-0.1, -0.05) is 43.6 Å². The quantitative estimate of drug-likeness (QED) is 0.414. The van der Waals surface area contributed by atoms with E-state index in [1.165, 1.54) is 19.1 Å². The first kappa shape index (κ1) is 21.4. The van der Waals surface area contributed by atoms with Gasteiger partial charge in [0.1, 0.15) is 5.02 Å². The average Bonchev–Trinajstić information content (AvgIpc) is 2.67. The molecule has 1 amide bonds. The van der Waals surface area contributed by atoms with Crippen molar-refractivity contribution in [3.05, 3.63) is 68.2 Å². The first-order valence-electron chi connectivity index (χ1n) is 8.85. The molecule has 2 aromatic carbocycles. The van der Waals surface area contributed by atoms with Crippen molar-refractivity contribution in [2.45, 2.75) is 39.7 Å². The van der Waals surface area contributed by atoms with Gasteiger partial charge in [-0.05, 0) is 43.0 Å². The van der Waals surface area contributed by atoms with Gasteiger partial charge in [0.2, 0.25) is 0 Å². The molecule has 8 heteroatoms. The molecule has 0 fully saturated rings. The van der Waals surface area contributed by atoms with Crippen LogP contribution in [0.2, 0.25) is 5.02 Å². The van der Waals surface area contributed by atoms with Gasteiger partial charge in [0.25, 0.3) is 11.6 Å². The number of nitro groups is 1. The fourth-order valence-corrected chi connectivity index (χ4v) is 2.88. The number of para-hydroxylation sites is 1.